The van der Waals surface area contributed by atoms with Crippen LogP contribution in [0.4, 0.5) is 4.39 Å². The molecule has 0 aliphatic heterocycles. The van der Waals surface area contributed by atoms with Crippen molar-refractivity contribution in [3.05, 3.63) is 42.1 Å². The fraction of sp³-hybridized carbons (Fsp3) is 0.267. The van der Waals surface area contributed by atoms with Crippen molar-refractivity contribution in [2.45, 2.75) is 19.5 Å². The van der Waals surface area contributed by atoms with Crippen LogP contribution in [0.3, 0.4) is 0 Å². The first-order valence-corrected chi connectivity index (χ1v) is 6.85. The number of aldehydes is 1. The highest BCUT2D eigenvalue weighted by molar-refractivity contribution is 5.95. The van der Waals surface area contributed by atoms with Crippen molar-refractivity contribution < 1.29 is 14.0 Å². The summed E-state index contributed by atoms with van der Waals surface area (Å²) >= 11 is 0. The summed E-state index contributed by atoms with van der Waals surface area (Å²) < 4.78 is 15.6. The fourth-order valence-corrected chi connectivity index (χ4v) is 2.04. The maximum atomic E-state index is 13.8. The third-order valence-electron chi connectivity index (χ3n) is 3.18. The summed E-state index contributed by atoms with van der Waals surface area (Å²) in [4.78, 5) is 26.5. The van der Waals surface area contributed by atoms with Crippen LogP contribution < -0.4 is 11.1 Å². The summed E-state index contributed by atoms with van der Waals surface area (Å²) in [6.07, 6.45) is 3.79. The summed E-state index contributed by atoms with van der Waals surface area (Å²) in [5.74, 6) is -1.01. The van der Waals surface area contributed by atoms with E-state index in [4.69, 9.17) is 5.73 Å². The van der Waals surface area contributed by atoms with Crippen molar-refractivity contribution in [2.24, 2.45) is 5.73 Å². The molecule has 0 aliphatic carbocycles. The number of carbonyl (C=O) groups is 2. The minimum Gasteiger partial charge on any atom is -0.350 e. The number of benzene rings is 1. The van der Waals surface area contributed by atoms with E-state index >= 15 is 0 Å². The van der Waals surface area contributed by atoms with Crippen LogP contribution in [0.2, 0.25) is 0 Å². The Hall–Kier alpha value is -2.54. The molecule has 1 unspecified atom stereocenters. The van der Waals surface area contributed by atoms with Gasteiger partial charge in [-0.15, -0.1) is 0 Å². The van der Waals surface area contributed by atoms with Crippen LogP contribution in [-0.4, -0.2) is 34.3 Å². The molecule has 0 saturated heterocycles. The van der Waals surface area contributed by atoms with Gasteiger partial charge in [-0.2, -0.15) is 0 Å². The zero-order chi connectivity index (χ0) is 16.1. The Bertz CT molecular complexity index is 684. The lowest BCUT2D eigenvalue weighted by Crippen LogP contribution is -2.38. The summed E-state index contributed by atoms with van der Waals surface area (Å²) in [5, 5.41) is 2.49. The maximum absolute atomic E-state index is 13.8. The van der Waals surface area contributed by atoms with E-state index in [2.05, 4.69) is 10.3 Å². The first-order chi connectivity index (χ1) is 10.5. The number of nitrogens with one attached hydrogen (secondary N) is 1. The Morgan fingerprint density at radius 1 is 1.50 bits per heavy atom. The molecule has 7 heteroatoms. The van der Waals surface area contributed by atoms with Crippen LogP contribution in [0.1, 0.15) is 17.3 Å². The number of hydrogen-bond donors (Lipinski definition) is 2. The Kier molecular flexibility index (Phi) is 5.00. The number of nitrogens with zero attached hydrogens (tertiary/aromatic N) is 2. The summed E-state index contributed by atoms with van der Waals surface area (Å²) in [6.45, 7) is 2.63. The van der Waals surface area contributed by atoms with Crippen LogP contribution in [0.25, 0.3) is 11.3 Å². The second kappa shape index (κ2) is 6.95. The number of amides is 1. The molecule has 116 valence electrons. The van der Waals surface area contributed by atoms with Crippen molar-refractivity contribution in [1.29, 1.82) is 0 Å². The van der Waals surface area contributed by atoms with Gasteiger partial charge in [0.1, 0.15) is 12.1 Å². The molecule has 0 fully saturated rings. The summed E-state index contributed by atoms with van der Waals surface area (Å²) in [7, 11) is 0. The molecule has 2 rings (SSSR count). The lowest BCUT2D eigenvalue weighted by molar-refractivity contribution is -0.108. The van der Waals surface area contributed by atoms with Gasteiger partial charge < -0.3 is 20.4 Å². The van der Waals surface area contributed by atoms with E-state index in [1.54, 1.807) is 18.6 Å². The first-order valence-electron chi connectivity index (χ1n) is 6.85. The molecule has 2 aromatic rings. The largest absolute Gasteiger partial charge is 0.350 e. The predicted molar refractivity (Wildman–Crippen MR) is 79.7 cm³/mol. The van der Waals surface area contributed by atoms with E-state index < -0.39 is 17.8 Å². The molecule has 0 bridgehead atoms. The second-order valence-electron chi connectivity index (χ2n) is 4.80. The highest BCUT2D eigenvalue weighted by Crippen LogP contribution is 2.22. The van der Waals surface area contributed by atoms with E-state index in [0.29, 0.717) is 18.4 Å². The smallest absolute Gasteiger partial charge is 0.251 e. The first kappa shape index (κ1) is 15.8. The van der Waals surface area contributed by atoms with Crippen molar-refractivity contribution in [3.63, 3.8) is 0 Å². The number of nitrogens with two attached hydrogens (primary N) is 1. The molecule has 0 radical (unpaired) electrons. The van der Waals surface area contributed by atoms with Crippen molar-refractivity contribution in [2.75, 3.05) is 6.54 Å². The lowest BCUT2D eigenvalue weighted by atomic mass is 10.1. The van der Waals surface area contributed by atoms with Gasteiger partial charge in [0.25, 0.3) is 5.91 Å². The lowest BCUT2D eigenvalue weighted by Gasteiger charge is -2.10. The minimum atomic E-state index is -0.779. The minimum absolute atomic E-state index is 0.00106. The molecule has 0 aliphatic rings. The number of halogens is 1. The van der Waals surface area contributed by atoms with E-state index in [1.165, 1.54) is 6.07 Å². The summed E-state index contributed by atoms with van der Waals surface area (Å²) in [6, 6.07) is 3.28. The number of imidazole rings is 1. The molecule has 1 aromatic heterocycles. The Labute approximate surface area is 127 Å². The number of carbonyl (C=O) groups excluding carboxylic acids is 2. The molecule has 22 heavy (non-hydrogen) atoms. The monoisotopic (exact) mass is 304 g/mol. The van der Waals surface area contributed by atoms with Crippen LogP contribution in [-0.2, 0) is 11.3 Å². The molecule has 0 saturated carbocycles. The van der Waals surface area contributed by atoms with E-state index in [-0.39, 0.29) is 12.1 Å². The average Bonchev–Trinajstić information content (AvgIpc) is 3.00. The van der Waals surface area contributed by atoms with Gasteiger partial charge in [0.15, 0.2) is 0 Å². The van der Waals surface area contributed by atoms with Gasteiger partial charge in [-0.3, -0.25) is 4.79 Å². The van der Waals surface area contributed by atoms with Gasteiger partial charge in [-0.05, 0) is 25.1 Å². The number of aromatic nitrogens is 2. The van der Waals surface area contributed by atoms with Gasteiger partial charge in [0.2, 0.25) is 0 Å². The van der Waals surface area contributed by atoms with Gasteiger partial charge in [0, 0.05) is 24.2 Å². The second-order valence-corrected chi connectivity index (χ2v) is 4.80. The zero-order valence-corrected chi connectivity index (χ0v) is 12.1. The molecule has 3 N–H and O–H groups in total. The third-order valence-corrected chi connectivity index (χ3v) is 3.18. The topological polar surface area (TPSA) is 90.0 Å². The molecular formula is C15H17FN4O2. The maximum Gasteiger partial charge on any atom is 0.251 e. The van der Waals surface area contributed by atoms with E-state index in [0.717, 1.165) is 11.8 Å². The van der Waals surface area contributed by atoms with Crippen molar-refractivity contribution in [1.82, 2.24) is 14.9 Å². The van der Waals surface area contributed by atoms with Gasteiger partial charge >= 0.3 is 0 Å². The van der Waals surface area contributed by atoms with Gasteiger partial charge in [-0.1, -0.05) is 0 Å². The van der Waals surface area contributed by atoms with Crippen LogP contribution in [0.5, 0.6) is 0 Å². The van der Waals surface area contributed by atoms with E-state index in [1.807, 2.05) is 11.5 Å². The number of hydrogen-bond acceptors (Lipinski definition) is 4. The van der Waals surface area contributed by atoms with E-state index in [9.17, 15) is 14.0 Å². The number of rotatable bonds is 6. The Balaban J connectivity index is 2.27. The Morgan fingerprint density at radius 2 is 2.27 bits per heavy atom. The SMILES string of the molecule is CCn1cncc1-c1cc(F)cc(C(=O)NCC(N)C=O)c1. The normalized spacial score (nSPS) is 12.0. The fourth-order valence-electron chi connectivity index (χ4n) is 2.04. The molecular weight excluding hydrogens is 287 g/mol. The van der Waals surface area contributed by atoms with Crippen LogP contribution >= 0.6 is 0 Å². The van der Waals surface area contributed by atoms with Crippen LogP contribution in [0.15, 0.2) is 30.7 Å². The van der Waals surface area contributed by atoms with Gasteiger partial charge in [-0.25, -0.2) is 9.37 Å². The third kappa shape index (κ3) is 3.56. The summed E-state index contributed by atoms with van der Waals surface area (Å²) in [5.41, 5.74) is 6.85. The van der Waals surface area contributed by atoms with Crippen LogP contribution in [0, 0.1) is 5.82 Å². The molecule has 1 heterocycles. The van der Waals surface area contributed by atoms with Crippen molar-refractivity contribution >= 4 is 12.2 Å². The Morgan fingerprint density at radius 3 is 2.95 bits per heavy atom. The van der Waals surface area contributed by atoms with Crippen molar-refractivity contribution in [3.8, 4) is 11.3 Å². The molecule has 0 spiro atoms. The predicted octanol–water partition coefficient (Wildman–Crippen LogP) is 0.965. The van der Waals surface area contributed by atoms with Gasteiger partial charge in [0.05, 0.1) is 24.3 Å². The highest BCUT2D eigenvalue weighted by Gasteiger charge is 2.13. The molecule has 6 nitrogen and oxygen atoms in total. The molecule has 1 amide bonds. The highest BCUT2D eigenvalue weighted by atomic mass is 19.1. The standard InChI is InChI=1S/C15H17FN4O2/c1-2-20-9-18-7-14(20)10-3-11(5-12(16)4-10)15(22)19-6-13(17)8-21/h3-5,7-9,13H,2,6,17H2,1H3,(H,19,22). The molecule has 1 aromatic carbocycles. The molecule has 1 atom stereocenters. The number of aryl methyl sites for hydroxylation is 1. The average molecular weight is 304 g/mol. The quantitative estimate of drug-likeness (QED) is 0.778. The zero-order valence-electron chi connectivity index (χ0n) is 12.1.